The highest BCUT2D eigenvalue weighted by atomic mass is 35.5. The van der Waals surface area contributed by atoms with Crippen LogP contribution in [0.2, 0.25) is 15.1 Å². The number of aliphatic hydroxyl groups is 7. The molecule has 0 spiro atoms. The lowest BCUT2D eigenvalue weighted by molar-refractivity contribution is -0.334. The van der Waals surface area contributed by atoms with E-state index in [2.05, 4.69) is 42.5 Å². The fourth-order valence-corrected chi connectivity index (χ4v) is 18.4. The molecule has 8 amide bonds. The molecule has 8 heterocycles. The molecular weight excluding hydrogens is 1840 g/mol. The van der Waals surface area contributed by atoms with Crippen molar-refractivity contribution in [2.24, 2.45) is 11.5 Å². The van der Waals surface area contributed by atoms with Crippen molar-refractivity contribution in [3.05, 3.63) is 181 Å². The third-order valence-electron chi connectivity index (χ3n) is 24.7. The average molecular weight is 1950 g/mol. The number of amides is 8. The van der Waals surface area contributed by atoms with Gasteiger partial charge in [0.2, 0.25) is 64.4 Å². The molecule has 7 aromatic rings. The van der Waals surface area contributed by atoms with Gasteiger partial charge in [-0.2, -0.15) is 0 Å². The van der Waals surface area contributed by atoms with E-state index in [-0.39, 0.29) is 77.0 Å². The fourth-order valence-electron chi connectivity index (χ4n) is 17.0. The number of hydrogen-bond acceptors (Lipinski definition) is 31. The molecule has 0 radical (unpaired) electrons. The topological polar surface area (TPSA) is 564 Å². The normalized spacial score (nSPS) is 28.6. The third kappa shape index (κ3) is 23.5. The Bertz CT molecular complexity index is 5580. The minimum atomic E-state index is -2.38. The van der Waals surface area contributed by atoms with Gasteiger partial charge in [-0.3, -0.25) is 43.2 Å². The van der Waals surface area contributed by atoms with Crippen LogP contribution in [0.4, 0.5) is 0 Å². The summed E-state index contributed by atoms with van der Waals surface area (Å²) in [6, 6.07) is 16.2. The van der Waals surface area contributed by atoms with Crippen LogP contribution >= 0.6 is 46.6 Å². The number of benzene rings is 7. The van der Waals surface area contributed by atoms with Crippen LogP contribution in [0.1, 0.15) is 130 Å². The summed E-state index contributed by atoms with van der Waals surface area (Å²) in [7, 11) is 6.50. The molecular formula is C93H111Cl3N12O26S. The first-order valence-corrected chi connectivity index (χ1v) is 45.7. The molecule has 21 N–H and O–H groups in total. The van der Waals surface area contributed by atoms with E-state index < -0.39 is 261 Å². The molecule has 8 aliphatic rings. The van der Waals surface area contributed by atoms with Crippen molar-refractivity contribution in [1.82, 2.24) is 52.3 Å². The maximum Gasteiger partial charge on any atom is 0.248 e. The van der Waals surface area contributed by atoms with Crippen LogP contribution in [-0.2, 0) is 73.4 Å². The number of primary amides is 1. The molecule has 0 aromatic heterocycles. The summed E-state index contributed by atoms with van der Waals surface area (Å²) < 4.78 is 53.5. The van der Waals surface area contributed by atoms with Gasteiger partial charge in [0.05, 0.1) is 65.4 Å². The Hall–Kier alpha value is -10.5. The fraction of sp³-hybridized carbons (Fsp3) is 0.452. The highest BCUT2D eigenvalue weighted by Gasteiger charge is 2.53. The van der Waals surface area contributed by atoms with Gasteiger partial charge in [-0.15, -0.1) is 0 Å². The highest BCUT2D eigenvalue weighted by molar-refractivity contribution is 8.14. The molecule has 3 fully saturated rings. The molecule has 1 unspecified atom stereocenters. The van der Waals surface area contributed by atoms with Crippen LogP contribution in [-0.4, -0.2) is 271 Å². The minimum absolute atomic E-state index is 0.00589. The number of thioether (sulfide) groups is 1. The van der Waals surface area contributed by atoms with Crippen molar-refractivity contribution in [2.45, 2.75) is 213 Å². The first-order valence-electron chi connectivity index (χ1n) is 43.5. The Kier molecular flexibility index (Phi) is 32.5. The van der Waals surface area contributed by atoms with E-state index in [1.54, 1.807) is 47.0 Å². The van der Waals surface area contributed by atoms with Gasteiger partial charge >= 0.3 is 0 Å². The molecule has 0 aliphatic carbocycles. The number of phenols is 2. The van der Waals surface area contributed by atoms with Gasteiger partial charge in [-0.1, -0.05) is 107 Å². The number of aryl methyl sites for hydroxylation is 1. The molecule has 11 bridgehead atoms. The maximum atomic E-state index is 16.8. The Morgan fingerprint density at radius 1 is 0.667 bits per heavy atom. The summed E-state index contributed by atoms with van der Waals surface area (Å²) >= 11 is 21.5. The van der Waals surface area contributed by atoms with E-state index in [4.69, 9.17) is 84.2 Å². The highest BCUT2D eigenvalue weighted by Crippen LogP contribution is 2.51. The van der Waals surface area contributed by atoms with Gasteiger partial charge in [-0.05, 0) is 185 Å². The summed E-state index contributed by atoms with van der Waals surface area (Å²) in [6.45, 7) is 9.11. The lowest BCUT2D eigenvalue weighted by Crippen LogP contribution is -2.65. The summed E-state index contributed by atoms with van der Waals surface area (Å²) in [6.07, 6.45) is -24.6. The number of aliphatic hydroxyl groups excluding tert-OH is 7. The first kappa shape index (κ1) is 102. The maximum absolute atomic E-state index is 16.8. The van der Waals surface area contributed by atoms with Gasteiger partial charge in [0, 0.05) is 67.3 Å². The number of phenolic OH excluding ortho intramolecular Hbond substituents is 2. The zero-order valence-electron chi connectivity index (χ0n) is 75.2. The van der Waals surface area contributed by atoms with Crippen molar-refractivity contribution in [3.8, 4) is 62.5 Å². The van der Waals surface area contributed by atoms with E-state index in [0.717, 1.165) is 47.0 Å². The predicted molar refractivity (Wildman–Crippen MR) is 491 cm³/mol. The number of ether oxygens (including phenoxy) is 8. The monoisotopic (exact) mass is 1950 g/mol. The zero-order valence-corrected chi connectivity index (χ0v) is 78.3. The number of fused-ring (bicyclic) bond motifs is 15. The van der Waals surface area contributed by atoms with Crippen LogP contribution in [0.5, 0.6) is 40.2 Å². The SMILES string of the molecule is CN[C@H](CC(C)O)C(=O)N[C@H]1C(=O)N[C@@H](CC(N)=O)C(=O)N[C@H]2C(=O)N[C@H]3C(=O)N[C@H](C(=O)N[C@@H](C(=O)SCC(=O)N(C)CCN(C)C)c4cc(O)cc(O)c4-c4cc3ccc4C)[C@H](O[C@H]3C[C@](C)(N)[C@@H](O)[C@H](C)O3)c3ccc(c(Cl)c3)Oc3cc2cc(c3O[C@@H]2O[C@H](CO)[C@@H](O)[C@H](O)[C@H]2O[C@H]2C[C@](C)(NCc3ccc(-c4ccc(Cl)cc4)cc3)[C@@H](O)[C@H](C)O2)Oc2ccc(cc2Cl)[C@H]1O. The molecule has 3 saturated heterocycles. The quantitative estimate of drug-likeness (QED) is 0.0406. The number of hydrogen-bond donors (Lipinski definition) is 19. The molecule has 135 heavy (non-hydrogen) atoms. The van der Waals surface area contributed by atoms with Crippen LogP contribution in [0.25, 0.3) is 22.3 Å². The number of nitrogens with zero attached hydrogens (tertiary/aromatic N) is 2. The molecule has 15 rings (SSSR count). The van der Waals surface area contributed by atoms with Crippen molar-refractivity contribution in [3.63, 3.8) is 0 Å². The van der Waals surface area contributed by atoms with Gasteiger partial charge in [-0.25, -0.2) is 0 Å². The van der Waals surface area contributed by atoms with Crippen LogP contribution in [0.15, 0.2) is 127 Å². The Morgan fingerprint density at radius 2 is 1.27 bits per heavy atom. The molecule has 7 aromatic carbocycles. The predicted octanol–water partition coefficient (Wildman–Crippen LogP) is 4.02. The number of nitrogens with two attached hydrogens (primary N) is 2. The Labute approximate surface area is 795 Å². The van der Waals surface area contributed by atoms with E-state index in [1.807, 2.05) is 41.3 Å². The van der Waals surface area contributed by atoms with Crippen LogP contribution in [0, 0.1) is 6.92 Å². The van der Waals surface area contributed by atoms with Crippen molar-refractivity contribution >= 4 is 98.9 Å². The number of aromatic hydroxyl groups is 2. The summed E-state index contributed by atoms with van der Waals surface area (Å²) in [5.41, 5.74) is 11.3. The van der Waals surface area contributed by atoms with Gasteiger partial charge in [0.1, 0.15) is 89.8 Å². The van der Waals surface area contributed by atoms with Gasteiger partial charge < -0.3 is 148 Å². The van der Waals surface area contributed by atoms with Crippen molar-refractivity contribution in [2.75, 3.05) is 53.6 Å². The van der Waals surface area contributed by atoms with Crippen LogP contribution < -0.4 is 68.2 Å². The minimum Gasteiger partial charge on any atom is -0.508 e. The molecule has 42 heteroatoms. The number of carbonyl (C=O) groups is 9. The largest absolute Gasteiger partial charge is 0.508 e. The molecule has 0 saturated carbocycles. The van der Waals surface area contributed by atoms with Crippen molar-refractivity contribution < 1.29 is 127 Å². The second kappa shape index (κ2) is 43.1. The molecule has 726 valence electrons. The molecule has 23 atom stereocenters. The number of likely N-dealkylation sites (N-methyl/N-ethyl adjacent to an activating group) is 3. The van der Waals surface area contributed by atoms with E-state index in [9.17, 15) is 60.3 Å². The third-order valence-corrected chi connectivity index (χ3v) is 26.4. The molecule has 8 aliphatic heterocycles. The smallest absolute Gasteiger partial charge is 0.248 e. The lowest BCUT2D eigenvalue weighted by atomic mass is 9.84. The van der Waals surface area contributed by atoms with Crippen molar-refractivity contribution in [1.29, 1.82) is 0 Å². The summed E-state index contributed by atoms with van der Waals surface area (Å²) in [5.74, 6) is -14.1. The van der Waals surface area contributed by atoms with Gasteiger partial charge in [0.15, 0.2) is 30.2 Å². The molecule has 38 nitrogen and oxygen atoms in total. The summed E-state index contributed by atoms with van der Waals surface area (Å²) in [4.78, 5) is 141. The number of halogens is 3. The second-order valence-corrected chi connectivity index (χ2v) is 37.6. The number of nitrogens with one attached hydrogen (secondary N) is 8. The lowest BCUT2D eigenvalue weighted by Gasteiger charge is -2.48. The number of carbonyl (C=O) groups excluding carboxylic acids is 9. The Morgan fingerprint density at radius 3 is 1.88 bits per heavy atom. The summed E-state index contributed by atoms with van der Waals surface area (Å²) in [5, 5.41) is 126. The second-order valence-electron chi connectivity index (χ2n) is 35.4. The zero-order chi connectivity index (χ0) is 97.8. The van der Waals surface area contributed by atoms with Gasteiger partial charge in [0.25, 0.3) is 0 Å². The Balaban J connectivity index is 1.02. The number of rotatable bonds is 24. The standard InChI is InChI=1S/C93H111Cl3N12O26S/c1-41-11-14-48-28-54(41)70-55(33-53(111)34-60(70)112)73(90(126)135-40-67(114)108(10)26-25-107(8)9)104-89(125)75-79(132-68-36-92(5,98)82(118)43(3)127-68)50-20-24-62(57(96)30-50)130-64-32-51-31-63(80(64)134-91-81(78(117)77(116)65(39-109)131-91)133-69-37-93(6,83(119)44(4)128-69)100-38-45-12-15-46(16-13-45)47-17-21-52(94)22-18-47)129-61-23-19-49(29-56(61)95)76(115)74(105-84(120)58(99-7)27-42(2)110)88(124)101-59(35-66(97)113)85(121)102-72(51)87(123)103-71(48)86(122)106-75/h11-24,28-34,42-44,58-59,65,68-69,71-79,81-83,91,99-100,109-112,115-119H,25-27,35-40,98H2,1-10H3,(H2,97,113)(H,101,124)(H,102,121)(H,103,123)(H,104,125)(H,105,120)(H,106,122)/t42?,43-,44-,58+,59-,65+,68-,69-,71+,72+,73+,74+,75-,76+,77+,78-,79+,81+,82-,83-,91-,92-,93-/m0/s1. The first-order chi connectivity index (χ1) is 63.9. The average Bonchev–Trinajstić information content (AvgIpc) is 0.761. The van der Waals surface area contributed by atoms with E-state index in [1.165, 1.54) is 88.3 Å². The van der Waals surface area contributed by atoms with E-state index in [0.29, 0.717) is 23.3 Å². The van der Waals surface area contributed by atoms with E-state index >= 15 is 28.8 Å². The van der Waals surface area contributed by atoms with Crippen LogP contribution in [0.3, 0.4) is 0 Å².